The van der Waals surface area contributed by atoms with Crippen molar-refractivity contribution in [3.63, 3.8) is 0 Å². The third kappa shape index (κ3) is 8.43. The molecule has 0 bridgehead atoms. The Morgan fingerprint density at radius 2 is 1.03 bits per heavy atom. The summed E-state index contributed by atoms with van der Waals surface area (Å²) < 4.78 is 2.32. The van der Waals surface area contributed by atoms with Crippen LogP contribution in [0.3, 0.4) is 0 Å². The van der Waals surface area contributed by atoms with Crippen molar-refractivity contribution in [1.29, 1.82) is 0 Å². The van der Waals surface area contributed by atoms with Gasteiger partial charge in [-0.2, -0.15) is 0 Å². The Balaban J connectivity index is 1.31. The lowest BCUT2D eigenvalue weighted by molar-refractivity contribution is 0.466. The van der Waals surface area contributed by atoms with Crippen LogP contribution in [-0.4, -0.2) is 19.6 Å². The summed E-state index contributed by atoms with van der Waals surface area (Å²) in [5.74, 6) is 1.26. The lowest BCUT2D eigenvalue weighted by atomic mass is 9.79. The monoisotopic (exact) mass is 883 g/mol. The molecule has 68 heavy (non-hydrogen) atoms. The first-order chi connectivity index (χ1) is 32.9. The second-order valence-corrected chi connectivity index (χ2v) is 19.6. The number of fused-ring (bicyclic) bond motifs is 1. The van der Waals surface area contributed by atoms with Gasteiger partial charge in [0.1, 0.15) is 11.6 Å². The number of pyridine rings is 1. The number of benzene rings is 8. The molecule has 0 atom stereocenters. The first-order valence-electron chi connectivity index (χ1n) is 23.8. The summed E-state index contributed by atoms with van der Waals surface area (Å²) in [6.07, 6.45) is 1.91. The van der Waals surface area contributed by atoms with Gasteiger partial charge in [-0.15, -0.1) is 0 Å². The van der Waals surface area contributed by atoms with Gasteiger partial charge in [0.15, 0.2) is 0 Å². The highest BCUT2D eigenvalue weighted by Crippen LogP contribution is 2.47. The zero-order valence-electron chi connectivity index (χ0n) is 40.0. The van der Waals surface area contributed by atoms with E-state index in [0.29, 0.717) is 11.4 Å². The fraction of sp³-hybridized carbons (Fsp3) is 0.156. The average molecular weight is 884 g/mol. The van der Waals surface area contributed by atoms with E-state index in [1.165, 1.54) is 5.56 Å². The van der Waals surface area contributed by atoms with Crippen molar-refractivity contribution in [1.82, 2.24) is 14.5 Å². The summed E-state index contributed by atoms with van der Waals surface area (Å²) in [5.41, 5.74) is 19.5. The van der Waals surface area contributed by atoms with E-state index < -0.39 is 0 Å². The number of hydrogen-bond donors (Lipinski definition) is 1. The van der Waals surface area contributed by atoms with E-state index in [4.69, 9.17) is 9.97 Å². The van der Waals surface area contributed by atoms with Crippen LogP contribution >= 0.6 is 0 Å². The zero-order valence-corrected chi connectivity index (χ0v) is 40.0. The Labute approximate surface area is 401 Å². The maximum absolute atomic E-state index is 12.5. The molecule has 10 aromatic rings. The molecule has 10 rings (SSSR count). The second kappa shape index (κ2) is 18.1. The third-order valence-corrected chi connectivity index (χ3v) is 13.2. The molecule has 0 unspecified atom stereocenters. The van der Waals surface area contributed by atoms with E-state index in [2.05, 4.69) is 241 Å². The molecule has 1 N–H and O–H groups in total. The third-order valence-electron chi connectivity index (χ3n) is 13.2. The zero-order chi connectivity index (χ0) is 47.1. The van der Waals surface area contributed by atoms with Crippen LogP contribution in [0.25, 0.3) is 95.0 Å². The minimum atomic E-state index is -0.173. The fourth-order valence-electron chi connectivity index (χ4n) is 9.61. The molecule has 0 saturated heterocycles. The van der Waals surface area contributed by atoms with E-state index in [0.717, 1.165) is 94.7 Å². The number of imidazole rings is 1. The predicted octanol–water partition coefficient (Wildman–Crippen LogP) is 17.3. The SMILES string of the molecule is CC(C)c1cc(-c2nc3c(-c4cc(-c5ccccc5)cc(-c5cc(-c6ccccc6)ccn5)c4)cccc3n2-c2cc(-c3ccccc3)c(C(C)(C)C)cc2-c2ccccc2)c(O)c(C(C)C)c1. The number of para-hydroxylation sites is 1. The number of phenolic OH excluding ortho intramolecular Hbond substituents is 1. The Morgan fingerprint density at radius 3 is 1.63 bits per heavy atom. The number of hydrogen-bond acceptors (Lipinski definition) is 3. The summed E-state index contributed by atoms with van der Waals surface area (Å²) in [6, 6.07) is 69.1. The van der Waals surface area contributed by atoms with Gasteiger partial charge >= 0.3 is 0 Å². The molecular formula is C64H57N3O. The number of nitrogens with zero attached hydrogens (tertiary/aromatic N) is 3. The molecule has 0 amide bonds. The van der Waals surface area contributed by atoms with Gasteiger partial charge in [0.25, 0.3) is 0 Å². The van der Waals surface area contributed by atoms with Crippen LogP contribution < -0.4 is 0 Å². The van der Waals surface area contributed by atoms with E-state index in [-0.39, 0.29) is 23.0 Å². The molecule has 334 valence electrons. The summed E-state index contributed by atoms with van der Waals surface area (Å²) in [6.45, 7) is 15.6. The summed E-state index contributed by atoms with van der Waals surface area (Å²) >= 11 is 0. The predicted molar refractivity (Wildman–Crippen MR) is 285 cm³/mol. The lowest BCUT2D eigenvalue weighted by Crippen LogP contribution is -2.14. The van der Waals surface area contributed by atoms with Gasteiger partial charge in [-0.3, -0.25) is 9.55 Å². The minimum absolute atomic E-state index is 0.0876. The number of aromatic nitrogens is 3. The average Bonchev–Trinajstić information content (AvgIpc) is 3.76. The molecule has 0 aliphatic rings. The summed E-state index contributed by atoms with van der Waals surface area (Å²) in [5, 5.41) is 12.5. The summed E-state index contributed by atoms with van der Waals surface area (Å²) in [4.78, 5) is 10.7. The van der Waals surface area contributed by atoms with Crippen molar-refractivity contribution in [2.45, 2.75) is 65.7 Å². The highest BCUT2D eigenvalue weighted by Gasteiger charge is 2.28. The molecule has 2 heterocycles. The largest absolute Gasteiger partial charge is 0.507 e. The van der Waals surface area contributed by atoms with Gasteiger partial charge < -0.3 is 5.11 Å². The Kier molecular flexibility index (Phi) is 11.7. The van der Waals surface area contributed by atoms with Gasteiger partial charge in [-0.05, 0) is 133 Å². The van der Waals surface area contributed by atoms with Crippen LogP contribution in [0.5, 0.6) is 5.75 Å². The fourth-order valence-corrected chi connectivity index (χ4v) is 9.61. The highest BCUT2D eigenvalue weighted by molar-refractivity contribution is 5.99. The molecule has 4 heteroatoms. The van der Waals surface area contributed by atoms with E-state index in [1.807, 2.05) is 12.3 Å². The topological polar surface area (TPSA) is 50.9 Å². The molecule has 2 aromatic heterocycles. The molecule has 0 fully saturated rings. The van der Waals surface area contributed by atoms with Crippen molar-refractivity contribution in [2.75, 3.05) is 0 Å². The molecule has 0 saturated carbocycles. The Hall–Kier alpha value is -7.82. The lowest BCUT2D eigenvalue weighted by Gasteiger charge is -2.27. The molecule has 0 aliphatic heterocycles. The normalized spacial score (nSPS) is 11.8. The molecule has 4 nitrogen and oxygen atoms in total. The second-order valence-electron chi connectivity index (χ2n) is 19.6. The molecule has 0 radical (unpaired) electrons. The van der Waals surface area contributed by atoms with E-state index in [9.17, 15) is 5.11 Å². The van der Waals surface area contributed by atoms with Crippen LogP contribution in [0, 0.1) is 0 Å². The smallest absolute Gasteiger partial charge is 0.149 e. The van der Waals surface area contributed by atoms with Crippen LogP contribution in [-0.2, 0) is 5.41 Å². The number of aromatic hydroxyl groups is 1. The van der Waals surface area contributed by atoms with Crippen molar-refractivity contribution >= 4 is 11.0 Å². The van der Waals surface area contributed by atoms with Crippen molar-refractivity contribution in [3.05, 3.63) is 217 Å². The van der Waals surface area contributed by atoms with Crippen molar-refractivity contribution < 1.29 is 5.11 Å². The van der Waals surface area contributed by atoms with Crippen LogP contribution in [0.15, 0.2) is 200 Å². The molecule has 0 aliphatic carbocycles. The number of phenols is 1. The first kappa shape index (κ1) is 44.0. The van der Waals surface area contributed by atoms with Gasteiger partial charge in [0.2, 0.25) is 0 Å². The Bertz CT molecular complexity index is 3420. The Morgan fingerprint density at radius 1 is 0.456 bits per heavy atom. The van der Waals surface area contributed by atoms with Crippen molar-refractivity contribution in [2.24, 2.45) is 0 Å². The summed E-state index contributed by atoms with van der Waals surface area (Å²) in [7, 11) is 0. The van der Waals surface area contributed by atoms with Crippen molar-refractivity contribution in [3.8, 4) is 89.7 Å². The molecule has 8 aromatic carbocycles. The first-order valence-corrected chi connectivity index (χ1v) is 23.8. The standard InChI is InChI=1S/C64H57N3O/c1-41(2)48-36-53(42(3)4)62(68)56(37-48)63-66-61-52(50-33-49(44-23-14-9-15-24-44)34-51(35-50)58-38-47(31-32-65-58)43-21-12-8-13-22-43)29-20-30-59(61)67(63)60-40-54(45-25-16-10-17-26-45)57(64(5,6)7)39-55(60)46-27-18-11-19-28-46/h8-42,68H,1-7H3. The maximum atomic E-state index is 12.5. The highest BCUT2D eigenvalue weighted by atomic mass is 16.3. The van der Waals surface area contributed by atoms with Gasteiger partial charge in [-0.1, -0.05) is 188 Å². The molecule has 0 spiro atoms. The van der Waals surface area contributed by atoms with E-state index in [1.54, 1.807) is 0 Å². The quantitative estimate of drug-likeness (QED) is 0.149. The van der Waals surface area contributed by atoms with Crippen LogP contribution in [0.1, 0.15) is 77.0 Å². The van der Waals surface area contributed by atoms with Crippen LogP contribution in [0.4, 0.5) is 0 Å². The minimum Gasteiger partial charge on any atom is -0.507 e. The van der Waals surface area contributed by atoms with Crippen LogP contribution in [0.2, 0.25) is 0 Å². The van der Waals surface area contributed by atoms with E-state index >= 15 is 0 Å². The van der Waals surface area contributed by atoms with Gasteiger partial charge in [0.05, 0.1) is 28.0 Å². The maximum Gasteiger partial charge on any atom is 0.149 e. The van der Waals surface area contributed by atoms with Gasteiger partial charge in [0, 0.05) is 22.9 Å². The van der Waals surface area contributed by atoms with Gasteiger partial charge in [-0.25, -0.2) is 4.98 Å². The molecular weight excluding hydrogens is 827 g/mol. The number of rotatable bonds is 10.